The van der Waals surface area contributed by atoms with Gasteiger partial charge in [0, 0.05) is 10.3 Å². The van der Waals surface area contributed by atoms with Gasteiger partial charge in [0.25, 0.3) is 0 Å². The summed E-state index contributed by atoms with van der Waals surface area (Å²) in [5.74, 6) is -0.816. The molecule has 0 saturated heterocycles. The molecule has 0 saturated carbocycles. The van der Waals surface area contributed by atoms with Crippen molar-refractivity contribution < 1.29 is 8.78 Å². The number of benzene rings is 2. The molecular weight excluding hydrogens is 288 g/mol. The summed E-state index contributed by atoms with van der Waals surface area (Å²) in [4.78, 5) is 0. The summed E-state index contributed by atoms with van der Waals surface area (Å²) in [6.45, 7) is 2.63. The zero-order chi connectivity index (χ0) is 14.8. The van der Waals surface area contributed by atoms with Crippen LogP contribution in [0.15, 0.2) is 47.8 Å². The highest BCUT2D eigenvalue weighted by Gasteiger charge is 2.20. The molecule has 3 aromatic rings. The first-order valence-electron chi connectivity index (χ1n) is 6.85. The molecular formula is C17H15F2NS. The molecule has 3 rings (SSSR count). The minimum absolute atomic E-state index is 0.345. The lowest BCUT2D eigenvalue weighted by Crippen LogP contribution is -2.23. The summed E-state index contributed by atoms with van der Waals surface area (Å²) in [5.41, 5.74) is 1.33. The average molecular weight is 303 g/mol. The maximum Gasteiger partial charge on any atom is 0.128 e. The van der Waals surface area contributed by atoms with Gasteiger partial charge in [0.1, 0.15) is 11.6 Å². The third kappa shape index (κ3) is 2.69. The van der Waals surface area contributed by atoms with E-state index in [2.05, 4.69) is 5.32 Å². The fourth-order valence-corrected chi connectivity index (χ4v) is 3.52. The van der Waals surface area contributed by atoms with E-state index >= 15 is 0 Å². The van der Waals surface area contributed by atoms with E-state index in [1.54, 1.807) is 11.3 Å². The molecule has 1 unspecified atom stereocenters. The van der Waals surface area contributed by atoms with E-state index in [0.29, 0.717) is 12.1 Å². The van der Waals surface area contributed by atoms with Crippen LogP contribution in [-0.2, 0) is 0 Å². The van der Waals surface area contributed by atoms with E-state index in [0.717, 1.165) is 21.7 Å². The van der Waals surface area contributed by atoms with E-state index in [1.165, 1.54) is 12.1 Å². The van der Waals surface area contributed by atoms with Crippen LogP contribution >= 0.6 is 11.3 Å². The third-order valence-corrected chi connectivity index (χ3v) is 4.48. The quantitative estimate of drug-likeness (QED) is 0.724. The van der Waals surface area contributed by atoms with Gasteiger partial charge >= 0.3 is 0 Å². The van der Waals surface area contributed by atoms with Crippen LogP contribution in [-0.4, -0.2) is 6.54 Å². The molecule has 0 aliphatic rings. The van der Waals surface area contributed by atoms with Crippen LogP contribution in [0, 0.1) is 11.6 Å². The average Bonchev–Trinajstić information content (AvgIpc) is 2.96. The van der Waals surface area contributed by atoms with Crippen molar-refractivity contribution in [1.82, 2.24) is 5.32 Å². The Labute approximate surface area is 126 Å². The number of nitrogens with one attached hydrogen (secondary N) is 1. The van der Waals surface area contributed by atoms with Gasteiger partial charge in [-0.25, -0.2) is 8.78 Å². The molecule has 1 heterocycles. The van der Waals surface area contributed by atoms with Crippen LogP contribution < -0.4 is 5.32 Å². The smallest absolute Gasteiger partial charge is 0.128 e. The Morgan fingerprint density at radius 3 is 2.76 bits per heavy atom. The first kappa shape index (κ1) is 14.2. The topological polar surface area (TPSA) is 12.0 Å². The first-order valence-corrected chi connectivity index (χ1v) is 7.73. The lowest BCUT2D eigenvalue weighted by Gasteiger charge is -2.20. The molecule has 0 fully saturated rings. The first-order chi connectivity index (χ1) is 10.2. The van der Waals surface area contributed by atoms with Crippen molar-refractivity contribution in [3.63, 3.8) is 0 Å². The van der Waals surface area contributed by atoms with Gasteiger partial charge < -0.3 is 5.32 Å². The number of halogens is 2. The fraction of sp³-hybridized carbons (Fsp3) is 0.176. The standard InChI is InChI=1S/C17H15F2NS/c1-2-20-16(14-10-12(18)6-7-15(14)19)13-5-3-4-11-8-9-21-17(11)13/h3-10,16,20H,2H2,1H3. The van der Waals surface area contributed by atoms with E-state index < -0.39 is 11.6 Å². The van der Waals surface area contributed by atoms with Crippen molar-refractivity contribution in [3.8, 4) is 0 Å². The molecule has 0 amide bonds. The van der Waals surface area contributed by atoms with Gasteiger partial charge in [0.05, 0.1) is 6.04 Å². The van der Waals surface area contributed by atoms with Crippen molar-refractivity contribution in [2.45, 2.75) is 13.0 Å². The van der Waals surface area contributed by atoms with E-state index in [4.69, 9.17) is 0 Å². The number of fused-ring (bicyclic) bond motifs is 1. The Morgan fingerprint density at radius 2 is 1.95 bits per heavy atom. The monoisotopic (exact) mass is 303 g/mol. The molecule has 0 aliphatic carbocycles. The van der Waals surface area contributed by atoms with Gasteiger partial charge in [-0.15, -0.1) is 11.3 Å². The lowest BCUT2D eigenvalue weighted by molar-refractivity contribution is 0.546. The predicted octanol–water partition coefficient (Wildman–Crippen LogP) is 4.88. The maximum absolute atomic E-state index is 14.2. The Kier molecular flexibility index (Phi) is 3.99. The maximum atomic E-state index is 14.2. The number of rotatable bonds is 4. The Bertz CT molecular complexity index is 766. The van der Waals surface area contributed by atoms with E-state index in [-0.39, 0.29) is 6.04 Å². The van der Waals surface area contributed by atoms with Crippen molar-refractivity contribution in [1.29, 1.82) is 0 Å². The van der Waals surface area contributed by atoms with E-state index in [9.17, 15) is 8.78 Å². The predicted molar refractivity (Wildman–Crippen MR) is 83.7 cm³/mol. The van der Waals surface area contributed by atoms with Crippen molar-refractivity contribution in [2.24, 2.45) is 0 Å². The van der Waals surface area contributed by atoms with Crippen molar-refractivity contribution in [3.05, 3.63) is 70.6 Å². The largest absolute Gasteiger partial charge is 0.306 e. The number of thiophene rings is 1. The zero-order valence-electron chi connectivity index (χ0n) is 11.6. The van der Waals surface area contributed by atoms with Crippen LogP contribution in [0.5, 0.6) is 0 Å². The van der Waals surface area contributed by atoms with Crippen molar-refractivity contribution >= 4 is 21.4 Å². The van der Waals surface area contributed by atoms with E-state index in [1.807, 2.05) is 36.6 Å². The normalized spacial score (nSPS) is 12.7. The molecule has 1 nitrogen and oxygen atoms in total. The summed E-state index contributed by atoms with van der Waals surface area (Å²) >= 11 is 1.62. The molecule has 4 heteroatoms. The highest BCUT2D eigenvalue weighted by Crippen LogP contribution is 2.33. The van der Waals surface area contributed by atoms with Gasteiger partial charge in [0.2, 0.25) is 0 Å². The molecule has 0 spiro atoms. The molecule has 21 heavy (non-hydrogen) atoms. The lowest BCUT2D eigenvalue weighted by atomic mass is 9.97. The van der Waals surface area contributed by atoms with Crippen LogP contribution in [0.3, 0.4) is 0 Å². The molecule has 1 atom stereocenters. The number of hydrogen-bond acceptors (Lipinski definition) is 2. The summed E-state index contributed by atoms with van der Waals surface area (Å²) in [6.07, 6.45) is 0. The second-order valence-electron chi connectivity index (χ2n) is 4.84. The Morgan fingerprint density at radius 1 is 1.10 bits per heavy atom. The second kappa shape index (κ2) is 5.92. The summed E-state index contributed by atoms with van der Waals surface area (Å²) in [7, 11) is 0. The summed E-state index contributed by atoms with van der Waals surface area (Å²) < 4.78 is 28.8. The SMILES string of the molecule is CCNC(c1cc(F)ccc1F)c1cccc2ccsc12. The molecule has 0 radical (unpaired) electrons. The number of hydrogen-bond donors (Lipinski definition) is 1. The minimum Gasteiger partial charge on any atom is -0.306 e. The third-order valence-electron chi connectivity index (χ3n) is 3.50. The molecule has 2 aromatic carbocycles. The minimum atomic E-state index is -0.423. The molecule has 108 valence electrons. The highest BCUT2D eigenvalue weighted by atomic mass is 32.1. The fourth-order valence-electron chi connectivity index (χ4n) is 2.57. The zero-order valence-corrected chi connectivity index (χ0v) is 12.4. The summed E-state index contributed by atoms with van der Waals surface area (Å²) in [6, 6.07) is 11.2. The molecule has 1 N–H and O–H groups in total. The van der Waals surface area contributed by atoms with Crippen LogP contribution in [0.25, 0.3) is 10.1 Å². The van der Waals surface area contributed by atoms with Gasteiger partial charge in [-0.05, 0) is 47.1 Å². The Hall–Kier alpha value is -1.78. The van der Waals surface area contributed by atoms with Gasteiger partial charge in [-0.2, -0.15) is 0 Å². The van der Waals surface area contributed by atoms with Gasteiger partial charge in [-0.1, -0.05) is 25.1 Å². The molecule has 0 bridgehead atoms. The Balaban J connectivity index is 2.18. The van der Waals surface area contributed by atoms with Crippen LogP contribution in [0.4, 0.5) is 8.78 Å². The highest BCUT2D eigenvalue weighted by molar-refractivity contribution is 7.17. The van der Waals surface area contributed by atoms with Gasteiger partial charge in [0.15, 0.2) is 0 Å². The summed E-state index contributed by atoms with van der Waals surface area (Å²) in [5, 5.41) is 6.40. The molecule has 1 aromatic heterocycles. The van der Waals surface area contributed by atoms with Crippen molar-refractivity contribution in [2.75, 3.05) is 6.54 Å². The second-order valence-corrected chi connectivity index (χ2v) is 5.76. The molecule has 0 aliphatic heterocycles. The van der Waals surface area contributed by atoms with Crippen LogP contribution in [0.2, 0.25) is 0 Å². The van der Waals surface area contributed by atoms with Crippen LogP contribution in [0.1, 0.15) is 24.1 Å². The van der Waals surface area contributed by atoms with Gasteiger partial charge in [-0.3, -0.25) is 0 Å².